The molecule has 4 rings (SSSR count). The number of carbonyl (C=O) groups excluding carboxylic acids is 2. The zero-order valence-electron chi connectivity index (χ0n) is 21.4. The molecular formula is C31H33N3O4. The van der Waals surface area contributed by atoms with Gasteiger partial charge in [-0.2, -0.15) is 0 Å². The number of hydrogen-bond acceptors (Lipinski definition) is 5. The summed E-state index contributed by atoms with van der Waals surface area (Å²) in [5, 5.41) is 9.15. The van der Waals surface area contributed by atoms with E-state index in [1.807, 2.05) is 84.9 Å². The van der Waals surface area contributed by atoms with Crippen molar-refractivity contribution in [2.45, 2.75) is 36.9 Å². The zero-order valence-corrected chi connectivity index (χ0v) is 21.4. The molecule has 0 radical (unpaired) electrons. The fourth-order valence-electron chi connectivity index (χ4n) is 4.69. The van der Waals surface area contributed by atoms with E-state index in [1.165, 1.54) is 7.11 Å². The third-order valence-electron chi connectivity index (χ3n) is 6.69. The van der Waals surface area contributed by atoms with Gasteiger partial charge in [0.05, 0.1) is 25.9 Å². The lowest BCUT2D eigenvalue weighted by Gasteiger charge is -2.29. The highest BCUT2D eigenvalue weighted by Gasteiger charge is 2.33. The molecule has 7 heteroatoms. The van der Waals surface area contributed by atoms with Crippen molar-refractivity contribution in [2.24, 2.45) is 0 Å². The molecule has 1 aliphatic rings. The van der Waals surface area contributed by atoms with Crippen molar-refractivity contribution in [1.29, 1.82) is 0 Å². The summed E-state index contributed by atoms with van der Waals surface area (Å²) in [6.07, 6.45) is 6.32. The number of aryl methyl sites for hydroxylation is 1. The lowest BCUT2D eigenvalue weighted by Crippen LogP contribution is -2.48. The summed E-state index contributed by atoms with van der Waals surface area (Å²) in [7, 11) is 1.29. The topological polar surface area (TPSA) is 88.7 Å². The molecule has 1 heterocycles. The minimum absolute atomic E-state index is 0.0395. The van der Waals surface area contributed by atoms with Gasteiger partial charge < -0.3 is 20.1 Å². The first kappa shape index (κ1) is 26.9. The van der Waals surface area contributed by atoms with Gasteiger partial charge in [0, 0.05) is 18.2 Å². The standard InChI is InChI=1S/C31H33N3O4/c1-3-25-21-38-26(20-32-25)19-18-22-12-10-11-17-27(22)33-30(35)29(34-31(36)37-2)28(23-13-6-4-7-14-23)24-15-8-5-9-16-24/h1,4-17,25-26,28-29,32H,18-21H2,2H3,(H,33,35)(H,34,36). The highest BCUT2D eigenvalue weighted by molar-refractivity contribution is 5.98. The number of rotatable bonds is 9. The molecule has 2 amide bonds. The van der Waals surface area contributed by atoms with Gasteiger partial charge in [-0.25, -0.2) is 4.79 Å². The molecule has 7 nitrogen and oxygen atoms in total. The number of carbonyl (C=O) groups is 2. The minimum Gasteiger partial charge on any atom is -0.453 e. The van der Waals surface area contributed by atoms with Gasteiger partial charge in [-0.05, 0) is 35.6 Å². The van der Waals surface area contributed by atoms with Gasteiger partial charge in [-0.1, -0.05) is 84.8 Å². The highest BCUT2D eigenvalue weighted by Crippen LogP contribution is 2.30. The summed E-state index contributed by atoms with van der Waals surface area (Å²) in [5.74, 6) is 1.89. The Labute approximate surface area is 223 Å². The first-order valence-electron chi connectivity index (χ1n) is 12.7. The van der Waals surface area contributed by atoms with E-state index in [9.17, 15) is 9.59 Å². The van der Waals surface area contributed by atoms with Crippen LogP contribution in [0.25, 0.3) is 0 Å². The Morgan fingerprint density at radius 3 is 2.24 bits per heavy atom. The van der Waals surface area contributed by atoms with E-state index in [2.05, 4.69) is 21.9 Å². The van der Waals surface area contributed by atoms with E-state index >= 15 is 0 Å². The van der Waals surface area contributed by atoms with E-state index in [1.54, 1.807) is 0 Å². The zero-order chi connectivity index (χ0) is 26.7. The molecule has 0 aromatic heterocycles. The molecule has 1 saturated heterocycles. The predicted octanol–water partition coefficient (Wildman–Crippen LogP) is 4.10. The summed E-state index contributed by atoms with van der Waals surface area (Å²) in [6.45, 7) is 1.17. The Bertz CT molecular complexity index is 1200. The summed E-state index contributed by atoms with van der Waals surface area (Å²) in [5.41, 5.74) is 3.47. The van der Waals surface area contributed by atoms with Crippen molar-refractivity contribution in [3.05, 3.63) is 102 Å². The number of para-hydroxylation sites is 1. The Hall–Kier alpha value is -4.12. The number of terminal acetylenes is 1. The Morgan fingerprint density at radius 2 is 1.66 bits per heavy atom. The molecule has 3 unspecified atom stereocenters. The van der Waals surface area contributed by atoms with E-state index in [4.69, 9.17) is 15.9 Å². The lowest BCUT2D eigenvalue weighted by atomic mass is 9.84. The van der Waals surface area contributed by atoms with E-state index < -0.39 is 18.1 Å². The lowest BCUT2D eigenvalue weighted by molar-refractivity contribution is -0.118. The highest BCUT2D eigenvalue weighted by atomic mass is 16.5. The molecule has 0 saturated carbocycles. The first-order valence-corrected chi connectivity index (χ1v) is 12.7. The molecule has 3 N–H and O–H groups in total. The molecule has 0 aliphatic carbocycles. The van der Waals surface area contributed by atoms with Crippen molar-refractivity contribution >= 4 is 17.7 Å². The van der Waals surface area contributed by atoms with Crippen LogP contribution in [0.1, 0.15) is 29.0 Å². The summed E-state index contributed by atoms with van der Waals surface area (Å²) in [4.78, 5) is 26.2. The van der Waals surface area contributed by atoms with Gasteiger partial charge in [-0.15, -0.1) is 6.42 Å². The molecule has 196 valence electrons. The van der Waals surface area contributed by atoms with E-state index in [0.717, 1.165) is 23.1 Å². The summed E-state index contributed by atoms with van der Waals surface area (Å²) in [6, 6.07) is 26.0. The van der Waals surface area contributed by atoms with Gasteiger partial charge in [-0.3, -0.25) is 10.1 Å². The van der Waals surface area contributed by atoms with Crippen molar-refractivity contribution in [1.82, 2.24) is 10.6 Å². The van der Waals surface area contributed by atoms with Crippen molar-refractivity contribution < 1.29 is 19.1 Å². The average molecular weight is 512 g/mol. The van der Waals surface area contributed by atoms with Gasteiger partial charge >= 0.3 is 6.09 Å². The Morgan fingerprint density at radius 1 is 1.03 bits per heavy atom. The van der Waals surface area contributed by atoms with Gasteiger partial charge in [0.15, 0.2) is 0 Å². The smallest absolute Gasteiger partial charge is 0.407 e. The SMILES string of the molecule is C#CC1COC(CCc2ccccc2NC(=O)C(NC(=O)OC)C(c2ccccc2)c2ccccc2)CN1. The average Bonchev–Trinajstić information content (AvgIpc) is 2.97. The van der Waals surface area contributed by atoms with Crippen LogP contribution in [-0.4, -0.2) is 50.4 Å². The van der Waals surface area contributed by atoms with Crippen LogP contribution in [0.4, 0.5) is 10.5 Å². The van der Waals surface area contributed by atoms with Crippen molar-refractivity contribution in [3.63, 3.8) is 0 Å². The molecule has 38 heavy (non-hydrogen) atoms. The van der Waals surface area contributed by atoms with Crippen LogP contribution in [0.2, 0.25) is 0 Å². The molecule has 1 fully saturated rings. The predicted molar refractivity (Wildman–Crippen MR) is 148 cm³/mol. The van der Waals surface area contributed by atoms with Crippen LogP contribution in [0.3, 0.4) is 0 Å². The quantitative estimate of drug-likeness (QED) is 0.377. The number of anilines is 1. The van der Waals surface area contributed by atoms with Crippen molar-refractivity contribution in [3.8, 4) is 12.3 Å². The second-order valence-electron chi connectivity index (χ2n) is 9.18. The summed E-state index contributed by atoms with van der Waals surface area (Å²) < 4.78 is 10.8. The van der Waals surface area contributed by atoms with Crippen LogP contribution in [0, 0.1) is 12.3 Å². The number of alkyl carbamates (subject to hydrolysis) is 1. The second kappa shape index (κ2) is 13.4. The maximum absolute atomic E-state index is 13.8. The minimum atomic E-state index is -0.924. The third kappa shape index (κ3) is 7.00. The number of hydrogen-bond donors (Lipinski definition) is 3. The maximum atomic E-state index is 13.8. The first-order chi connectivity index (χ1) is 18.6. The largest absolute Gasteiger partial charge is 0.453 e. The fourth-order valence-corrected chi connectivity index (χ4v) is 4.69. The number of ether oxygens (including phenoxy) is 2. The van der Waals surface area contributed by atoms with Crippen LogP contribution in [0.15, 0.2) is 84.9 Å². The van der Waals surface area contributed by atoms with E-state index in [-0.39, 0.29) is 18.1 Å². The van der Waals surface area contributed by atoms with Crippen LogP contribution in [-0.2, 0) is 20.7 Å². The van der Waals surface area contributed by atoms with Crippen LogP contribution >= 0.6 is 0 Å². The Balaban J connectivity index is 1.56. The van der Waals surface area contributed by atoms with Crippen LogP contribution in [0.5, 0.6) is 0 Å². The van der Waals surface area contributed by atoms with Gasteiger partial charge in [0.1, 0.15) is 6.04 Å². The molecule has 3 atom stereocenters. The maximum Gasteiger partial charge on any atom is 0.407 e. The molecule has 0 spiro atoms. The number of morpholine rings is 1. The molecule has 3 aromatic carbocycles. The second-order valence-corrected chi connectivity index (χ2v) is 9.18. The third-order valence-corrected chi connectivity index (χ3v) is 6.69. The normalized spacial score (nSPS) is 17.7. The number of methoxy groups -OCH3 is 1. The van der Waals surface area contributed by atoms with Gasteiger partial charge in [0.25, 0.3) is 0 Å². The van der Waals surface area contributed by atoms with Crippen molar-refractivity contribution in [2.75, 3.05) is 25.6 Å². The molecule has 1 aliphatic heterocycles. The summed E-state index contributed by atoms with van der Waals surface area (Å²) >= 11 is 0. The number of nitrogens with one attached hydrogen (secondary N) is 3. The number of benzene rings is 3. The fraction of sp³-hybridized carbons (Fsp3) is 0.290. The monoisotopic (exact) mass is 511 g/mol. The van der Waals surface area contributed by atoms with Crippen LogP contribution < -0.4 is 16.0 Å². The van der Waals surface area contributed by atoms with Gasteiger partial charge in [0.2, 0.25) is 5.91 Å². The molecule has 0 bridgehead atoms. The number of amides is 2. The van der Waals surface area contributed by atoms with E-state index in [0.29, 0.717) is 25.3 Å². The Kier molecular flexibility index (Phi) is 9.52. The molecule has 3 aromatic rings. The molecular weight excluding hydrogens is 478 g/mol.